The van der Waals surface area contributed by atoms with E-state index in [9.17, 15) is 9.59 Å². The molecule has 0 fully saturated rings. The normalized spacial score (nSPS) is 11.6. The van der Waals surface area contributed by atoms with Crippen LogP contribution in [0.3, 0.4) is 0 Å². The third kappa shape index (κ3) is 4.43. The summed E-state index contributed by atoms with van der Waals surface area (Å²) in [7, 11) is 1.35. The fourth-order valence-corrected chi connectivity index (χ4v) is 2.38. The summed E-state index contributed by atoms with van der Waals surface area (Å²) in [5.41, 5.74) is 9.27. The van der Waals surface area contributed by atoms with Gasteiger partial charge in [-0.3, -0.25) is 4.79 Å². The summed E-state index contributed by atoms with van der Waals surface area (Å²) < 4.78 is 9.62. The predicted octanol–water partition coefficient (Wildman–Crippen LogP) is 2.57. The number of carbonyl (C=O) groups excluding carboxylic acids is 2. The Labute approximate surface area is 141 Å². The quantitative estimate of drug-likeness (QED) is 0.825. The molecule has 0 saturated carbocycles. The van der Waals surface area contributed by atoms with E-state index in [1.807, 2.05) is 36.4 Å². The number of methoxy groups -OCH3 is 1. The van der Waals surface area contributed by atoms with Crippen LogP contribution < -0.4 is 5.73 Å². The minimum atomic E-state index is -0.679. The van der Waals surface area contributed by atoms with E-state index < -0.39 is 12.0 Å². The van der Waals surface area contributed by atoms with E-state index in [0.29, 0.717) is 18.6 Å². The predicted molar refractivity (Wildman–Crippen MR) is 91.5 cm³/mol. The Morgan fingerprint density at radius 2 is 1.79 bits per heavy atom. The smallest absolute Gasteiger partial charge is 0.337 e. The van der Waals surface area contributed by atoms with Gasteiger partial charge in [-0.05, 0) is 42.2 Å². The second-order valence-electron chi connectivity index (χ2n) is 5.33. The van der Waals surface area contributed by atoms with E-state index in [2.05, 4.69) is 0 Å². The van der Waals surface area contributed by atoms with Gasteiger partial charge in [0.05, 0.1) is 19.3 Å². The van der Waals surface area contributed by atoms with Crippen molar-refractivity contribution in [3.63, 3.8) is 0 Å². The number of rotatable bonds is 6. The Kier molecular flexibility index (Phi) is 6.09. The highest BCUT2D eigenvalue weighted by Gasteiger charge is 2.15. The lowest BCUT2D eigenvalue weighted by Gasteiger charge is -2.11. The second kappa shape index (κ2) is 8.26. The van der Waals surface area contributed by atoms with Crippen molar-refractivity contribution >= 4 is 11.9 Å². The van der Waals surface area contributed by atoms with Gasteiger partial charge in [0, 0.05) is 0 Å². The van der Waals surface area contributed by atoms with Crippen molar-refractivity contribution in [1.82, 2.24) is 0 Å². The summed E-state index contributed by atoms with van der Waals surface area (Å²) in [6.07, 6.45) is 0.410. The first-order valence-corrected chi connectivity index (χ1v) is 7.75. The van der Waals surface area contributed by atoms with Crippen molar-refractivity contribution in [2.75, 3.05) is 13.7 Å². The standard InChI is InChI=1S/C19H21NO4/c1-3-24-19(22)17(20)12-13-5-4-6-16(11-13)14-7-9-15(10-8-14)18(21)23-2/h4-11,17H,3,12,20H2,1-2H3. The lowest BCUT2D eigenvalue weighted by atomic mass is 9.99. The maximum absolute atomic E-state index is 11.6. The molecule has 1 unspecified atom stereocenters. The first-order valence-electron chi connectivity index (χ1n) is 7.75. The van der Waals surface area contributed by atoms with Crippen LogP contribution >= 0.6 is 0 Å². The average molecular weight is 327 g/mol. The molecule has 5 heteroatoms. The van der Waals surface area contributed by atoms with Crippen LogP contribution in [0.25, 0.3) is 11.1 Å². The van der Waals surface area contributed by atoms with Gasteiger partial charge in [-0.15, -0.1) is 0 Å². The topological polar surface area (TPSA) is 78.6 Å². The van der Waals surface area contributed by atoms with Gasteiger partial charge in [0.2, 0.25) is 0 Å². The van der Waals surface area contributed by atoms with Crippen LogP contribution in [0.1, 0.15) is 22.8 Å². The molecule has 0 saturated heterocycles. The Balaban J connectivity index is 2.15. The monoisotopic (exact) mass is 327 g/mol. The number of ether oxygens (including phenoxy) is 2. The molecule has 0 radical (unpaired) electrons. The molecular weight excluding hydrogens is 306 g/mol. The number of esters is 2. The Hall–Kier alpha value is -2.66. The molecule has 0 aliphatic rings. The van der Waals surface area contributed by atoms with E-state index in [0.717, 1.165) is 16.7 Å². The first-order chi connectivity index (χ1) is 11.5. The number of carbonyl (C=O) groups is 2. The Morgan fingerprint density at radius 1 is 1.08 bits per heavy atom. The summed E-state index contributed by atoms with van der Waals surface area (Å²) in [5.74, 6) is -0.763. The lowest BCUT2D eigenvalue weighted by molar-refractivity contribution is -0.144. The minimum Gasteiger partial charge on any atom is -0.465 e. The van der Waals surface area contributed by atoms with Crippen molar-refractivity contribution in [3.8, 4) is 11.1 Å². The van der Waals surface area contributed by atoms with Gasteiger partial charge in [0.15, 0.2) is 0 Å². The summed E-state index contributed by atoms with van der Waals surface area (Å²) >= 11 is 0. The molecule has 2 aromatic rings. The molecule has 2 rings (SSSR count). The Morgan fingerprint density at radius 3 is 2.42 bits per heavy atom. The van der Waals surface area contributed by atoms with Gasteiger partial charge in [-0.1, -0.05) is 36.4 Å². The lowest BCUT2D eigenvalue weighted by Crippen LogP contribution is -2.34. The van der Waals surface area contributed by atoms with Crippen LogP contribution in [0, 0.1) is 0 Å². The van der Waals surface area contributed by atoms with E-state index >= 15 is 0 Å². The minimum absolute atomic E-state index is 0.319. The van der Waals surface area contributed by atoms with Gasteiger partial charge in [0.1, 0.15) is 6.04 Å². The summed E-state index contributed by atoms with van der Waals surface area (Å²) in [6, 6.07) is 14.3. The van der Waals surface area contributed by atoms with Crippen LogP contribution in [0.4, 0.5) is 0 Å². The van der Waals surface area contributed by atoms with E-state index in [-0.39, 0.29) is 5.97 Å². The second-order valence-corrected chi connectivity index (χ2v) is 5.33. The van der Waals surface area contributed by atoms with Gasteiger partial charge in [-0.2, -0.15) is 0 Å². The summed E-state index contributed by atoms with van der Waals surface area (Å²) in [4.78, 5) is 23.1. The number of nitrogens with two attached hydrogens (primary N) is 1. The third-order valence-electron chi connectivity index (χ3n) is 3.61. The van der Waals surface area contributed by atoms with Crippen molar-refractivity contribution < 1.29 is 19.1 Å². The van der Waals surface area contributed by atoms with E-state index in [4.69, 9.17) is 15.2 Å². The fraction of sp³-hybridized carbons (Fsp3) is 0.263. The van der Waals surface area contributed by atoms with Crippen LogP contribution in [-0.2, 0) is 20.7 Å². The number of hydrogen-bond acceptors (Lipinski definition) is 5. The van der Waals surface area contributed by atoms with E-state index in [1.54, 1.807) is 19.1 Å². The highest BCUT2D eigenvalue weighted by molar-refractivity contribution is 5.90. The third-order valence-corrected chi connectivity index (χ3v) is 3.61. The average Bonchev–Trinajstić information content (AvgIpc) is 2.61. The molecule has 1 atom stereocenters. The van der Waals surface area contributed by atoms with Crippen molar-refractivity contribution in [2.24, 2.45) is 5.73 Å². The molecule has 126 valence electrons. The zero-order valence-corrected chi connectivity index (χ0v) is 13.8. The molecule has 0 aliphatic carbocycles. The highest BCUT2D eigenvalue weighted by atomic mass is 16.5. The van der Waals surface area contributed by atoms with Crippen LogP contribution in [0.2, 0.25) is 0 Å². The number of benzene rings is 2. The highest BCUT2D eigenvalue weighted by Crippen LogP contribution is 2.22. The fourth-order valence-electron chi connectivity index (χ4n) is 2.38. The number of hydrogen-bond donors (Lipinski definition) is 1. The van der Waals surface area contributed by atoms with Crippen molar-refractivity contribution in [2.45, 2.75) is 19.4 Å². The zero-order valence-electron chi connectivity index (χ0n) is 13.8. The zero-order chi connectivity index (χ0) is 17.5. The van der Waals surface area contributed by atoms with Crippen LogP contribution in [0.15, 0.2) is 48.5 Å². The molecule has 2 aromatic carbocycles. The molecule has 0 bridgehead atoms. The first kappa shape index (κ1) is 17.7. The molecule has 24 heavy (non-hydrogen) atoms. The van der Waals surface area contributed by atoms with Gasteiger partial charge in [0.25, 0.3) is 0 Å². The van der Waals surface area contributed by atoms with Crippen LogP contribution in [0.5, 0.6) is 0 Å². The van der Waals surface area contributed by atoms with Gasteiger partial charge >= 0.3 is 11.9 Å². The molecule has 2 N–H and O–H groups in total. The SMILES string of the molecule is CCOC(=O)C(N)Cc1cccc(-c2ccc(C(=O)OC)cc2)c1. The molecule has 0 aliphatic heterocycles. The summed E-state index contributed by atoms with van der Waals surface area (Å²) in [5, 5.41) is 0. The largest absolute Gasteiger partial charge is 0.465 e. The van der Waals surface area contributed by atoms with Gasteiger partial charge < -0.3 is 15.2 Å². The van der Waals surface area contributed by atoms with Crippen molar-refractivity contribution in [1.29, 1.82) is 0 Å². The Bertz CT molecular complexity index is 710. The van der Waals surface area contributed by atoms with Crippen molar-refractivity contribution in [3.05, 3.63) is 59.7 Å². The summed E-state index contributed by atoms with van der Waals surface area (Å²) in [6.45, 7) is 2.07. The molecule has 0 amide bonds. The molecule has 0 heterocycles. The molecule has 0 spiro atoms. The maximum Gasteiger partial charge on any atom is 0.337 e. The maximum atomic E-state index is 11.6. The molecule has 0 aromatic heterocycles. The van der Waals surface area contributed by atoms with Crippen LogP contribution in [-0.4, -0.2) is 31.7 Å². The molecular formula is C19H21NO4. The van der Waals surface area contributed by atoms with Gasteiger partial charge in [-0.25, -0.2) is 4.79 Å². The molecule has 5 nitrogen and oxygen atoms in total. The van der Waals surface area contributed by atoms with E-state index in [1.165, 1.54) is 7.11 Å².